The van der Waals surface area contributed by atoms with E-state index in [0.29, 0.717) is 25.9 Å². The molecule has 1 fully saturated rings. The van der Waals surface area contributed by atoms with E-state index in [-0.39, 0.29) is 29.0 Å². The Morgan fingerprint density at radius 1 is 1.06 bits per heavy atom. The smallest absolute Gasteiger partial charge is 0.223 e. The molecule has 3 rings (SSSR count). The van der Waals surface area contributed by atoms with Gasteiger partial charge in [0, 0.05) is 23.5 Å². The van der Waals surface area contributed by atoms with E-state index in [1.165, 1.54) is 9.87 Å². The number of amides is 1. The standard InChI is InChI=1S/C25H33BrN2O3S/c1-18(20-7-9-22(10-8-20)25(2,3)4)27-24(29)21-13-15-28(16-14-21)32(30,31)17-19-5-11-23(26)12-6-19/h5-12,18,21H,13-17H2,1-4H3,(H,27,29). The summed E-state index contributed by atoms with van der Waals surface area (Å²) in [5, 5.41) is 3.11. The van der Waals surface area contributed by atoms with Crippen LogP contribution in [0.3, 0.4) is 0 Å². The van der Waals surface area contributed by atoms with Crippen LogP contribution in [0.1, 0.15) is 63.3 Å². The Hall–Kier alpha value is -1.70. The van der Waals surface area contributed by atoms with Crippen molar-refractivity contribution >= 4 is 31.9 Å². The molecule has 1 amide bonds. The number of hydrogen-bond acceptors (Lipinski definition) is 3. The molecule has 1 aliphatic heterocycles. The van der Waals surface area contributed by atoms with Gasteiger partial charge in [-0.05, 0) is 54.0 Å². The molecule has 5 nitrogen and oxygen atoms in total. The molecule has 2 aromatic carbocycles. The first kappa shape index (κ1) is 24.9. The minimum absolute atomic E-state index is 0.00218. The molecular weight excluding hydrogens is 488 g/mol. The summed E-state index contributed by atoms with van der Waals surface area (Å²) in [7, 11) is -3.39. The summed E-state index contributed by atoms with van der Waals surface area (Å²) in [4.78, 5) is 12.8. The van der Waals surface area contributed by atoms with Gasteiger partial charge in [-0.3, -0.25) is 4.79 Å². The first-order valence-electron chi connectivity index (χ1n) is 11.1. The average molecular weight is 522 g/mol. The Morgan fingerprint density at radius 2 is 1.62 bits per heavy atom. The summed E-state index contributed by atoms with van der Waals surface area (Å²) < 4.78 is 28.0. The minimum Gasteiger partial charge on any atom is -0.349 e. The third kappa shape index (κ3) is 6.42. The summed E-state index contributed by atoms with van der Waals surface area (Å²) >= 11 is 3.37. The molecule has 1 unspecified atom stereocenters. The molecule has 1 atom stereocenters. The van der Waals surface area contributed by atoms with Crippen molar-refractivity contribution in [3.05, 3.63) is 69.7 Å². The van der Waals surface area contributed by atoms with Crippen LogP contribution < -0.4 is 5.32 Å². The van der Waals surface area contributed by atoms with E-state index in [1.54, 1.807) is 0 Å². The van der Waals surface area contributed by atoms with Gasteiger partial charge in [0.15, 0.2) is 0 Å². The fraction of sp³-hybridized carbons (Fsp3) is 0.480. The highest BCUT2D eigenvalue weighted by Crippen LogP contribution is 2.26. The van der Waals surface area contributed by atoms with Gasteiger partial charge in [0.25, 0.3) is 0 Å². The van der Waals surface area contributed by atoms with Crippen LogP contribution in [0.4, 0.5) is 0 Å². The van der Waals surface area contributed by atoms with Gasteiger partial charge in [-0.1, -0.05) is 73.1 Å². The van der Waals surface area contributed by atoms with Gasteiger partial charge in [-0.15, -0.1) is 0 Å². The number of sulfonamides is 1. The maximum atomic E-state index is 12.8. The molecule has 1 saturated heterocycles. The normalized spacial score (nSPS) is 17.2. The molecule has 0 bridgehead atoms. The molecule has 0 spiro atoms. The molecule has 1 N–H and O–H groups in total. The van der Waals surface area contributed by atoms with Crippen molar-refractivity contribution in [2.24, 2.45) is 5.92 Å². The molecule has 0 aliphatic carbocycles. The molecule has 32 heavy (non-hydrogen) atoms. The summed E-state index contributed by atoms with van der Waals surface area (Å²) in [6.07, 6.45) is 1.09. The van der Waals surface area contributed by atoms with Gasteiger partial charge < -0.3 is 5.32 Å². The van der Waals surface area contributed by atoms with Gasteiger partial charge in [-0.25, -0.2) is 12.7 Å². The lowest BCUT2D eigenvalue weighted by Crippen LogP contribution is -2.43. The highest BCUT2D eigenvalue weighted by atomic mass is 79.9. The molecule has 7 heteroatoms. The van der Waals surface area contributed by atoms with Crippen LogP contribution in [0.2, 0.25) is 0 Å². The number of halogens is 1. The molecule has 1 aliphatic rings. The van der Waals surface area contributed by atoms with E-state index in [4.69, 9.17) is 0 Å². The Kier molecular flexibility index (Phi) is 7.84. The fourth-order valence-electron chi connectivity index (χ4n) is 3.97. The van der Waals surface area contributed by atoms with Crippen molar-refractivity contribution in [3.8, 4) is 0 Å². The Balaban J connectivity index is 1.53. The minimum atomic E-state index is -3.39. The predicted octanol–water partition coefficient (Wildman–Crippen LogP) is 5.17. The number of rotatable bonds is 6. The zero-order chi connectivity index (χ0) is 23.5. The van der Waals surface area contributed by atoms with E-state index in [9.17, 15) is 13.2 Å². The van der Waals surface area contributed by atoms with E-state index >= 15 is 0 Å². The summed E-state index contributed by atoms with van der Waals surface area (Å²) in [5.41, 5.74) is 3.19. The highest BCUT2D eigenvalue weighted by molar-refractivity contribution is 9.10. The Labute approximate surface area is 200 Å². The predicted molar refractivity (Wildman–Crippen MR) is 133 cm³/mol. The summed E-state index contributed by atoms with van der Waals surface area (Å²) in [6, 6.07) is 15.6. The van der Waals surface area contributed by atoms with Crippen LogP contribution in [0, 0.1) is 5.92 Å². The van der Waals surface area contributed by atoms with Crippen molar-refractivity contribution < 1.29 is 13.2 Å². The van der Waals surface area contributed by atoms with Gasteiger partial charge in [0.1, 0.15) is 0 Å². The first-order valence-corrected chi connectivity index (χ1v) is 13.5. The van der Waals surface area contributed by atoms with Crippen LogP contribution in [0.15, 0.2) is 53.0 Å². The van der Waals surface area contributed by atoms with Gasteiger partial charge >= 0.3 is 0 Å². The lowest BCUT2D eigenvalue weighted by Gasteiger charge is -2.31. The second kappa shape index (κ2) is 10.1. The number of nitrogens with one attached hydrogen (secondary N) is 1. The highest BCUT2D eigenvalue weighted by Gasteiger charge is 2.31. The van der Waals surface area contributed by atoms with E-state index in [1.807, 2.05) is 31.2 Å². The zero-order valence-corrected chi connectivity index (χ0v) is 21.7. The van der Waals surface area contributed by atoms with Crippen molar-refractivity contribution in [1.82, 2.24) is 9.62 Å². The maximum Gasteiger partial charge on any atom is 0.223 e. The summed E-state index contributed by atoms with van der Waals surface area (Å²) in [5.74, 6) is -0.175. The third-order valence-electron chi connectivity index (χ3n) is 6.12. The van der Waals surface area contributed by atoms with E-state index in [2.05, 4.69) is 66.3 Å². The van der Waals surface area contributed by atoms with Crippen LogP contribution in [0.25, 0.3) is 0 Å². The van der Waals surface area contributed by atoms with Crippen LogP contribution in [-0.2, 0) is 26.0 Å². The SMILES string of the molecule is CC(NC(=O)C1CCN(S(=O)(=O)Cc2ccc(Br)cc2)CC1)c1ccc(C(C)(C)C)cc1. The van der Waals surface area contributed by atoms with Gasteiger partial charge in [-0.2, -0.15) is 0 Å². The molecule has 1 heterocycles. The molecular formula is C25H33BrN2O3S. The number of piperidine rings is 1. The van der Waals surface area contributed by atoms with Crippen molar-refractivity contribution in [3.63, 3.8) is 0 Å². The maximum absolute atomic E-state index is 12.8. The Bertz CT molecular complexity index is 1020. The second-order valence-corrected chi connectivity index (χ2v) is 12.5. The second-order valence-electron chi connectivity index (χ2n) is 9.66. The largest absolute Gasteiger partial charge is 0.349 e. The van der Waals surface area contributed by atoms with Crippen molar-refractivity contribution in [2.45, 2.75) is 57.7 Å². The van der Waals surface area contributed by atoms with Crippen LogP contribution >= 0.6 is 15.9 Å². The number of carbonyl (C=O) groups is 1. The number of benzene rings is 2. The lowest BCUT2D eigenvalue weighted by atomic mass is 9.86. The van der Waals surface area contributed by atoms with Crippen LogP contribution in [-0.4, -0.2) is 31.7 Å². The topological polar surface area (TPSA) is 66.5 Å². The molecule has 0 saturated carbocycles. The molecule has 0 radical (unpaired) electrons. The number of hydrogen-bond donors (Lipinski definition) is 1. The third-order valence-corrected chi connectivity index (χ3v) is 8.49. The monoisotopic (exact) mass is 520 g/mol. The Morgan fingerprint density at radius 3 is 2.16 bits per heavy atom. The number of carbonyl (C=O) groups excluding carboxylic acids is 1. The van der Waals surface area contributed by atoms with Crippen molar-refractivity contribution in [2.75, 3.05) is 13.1 Å². The van der Waals surface area contributed by atoms with Crippen LogP contribution in [0.5, 0.6) is 0 Å². The van der Waals surface area contributed by atoms with E-state index in [0.717, 1.165) is 15.6 Å². The fourth-order valence-corrected chi connectivity index (χ4v) is 5.79. The molecule has 174 valence electrons. The average Bonchev–Trinajstić information content (AvgIpc) is 2.75. The molecule has 2 aromatic rings. The van der Waals surface area contributed by atoms with E-state index < -0.39 is 10.0 Å². The zero-order valence-electron chi connectivity index (χ0n) is 19.3. The van der Waals surface area contributed by atoms with Crippen molar-refractivity contribution in [1.29, 1.82) is 0 Å². The first-order chi connectivity index (χ1) is 15.0. The summed E-state index contributed by atoms with van der Waals surface area (Å²) in [6.45, 7) is 9.29. The number of nitrogens with zero attached hydrogens (tertiary/aromatic N) is 1. The van der Waals surface area contributed by atoms with Gasteiger partial charge in [0.2, 0.25) is 15.9 Å². The lowest BCUT2D eigenvalue weighted by molar-refractivity contribution is -0.126. The van der Waals surface area contributed by atoms with Gasteiger partial charge in [0.05, 0.1) is 11.8 Å². The quantitative estimate of drug-likeness (QED) is 0.571. The molecule has 0 aromatic heterocycles.